The molecule has 10 heteroatoms. The summed E-state index contributed by atoms with van der Waals surface area (Å²) in [5.74, 6) is -0.385. The molecule has 0 heterocycles. The van der Waals surface area contributed by atoms with Crippen LogP contribution in [0.15, 0.2) is 102 Å². The number of alkyl halides is 3. The van der Waals surface area contributed by atoms with Crippen molar-refractivity contribution in [2.75, 3.05) is 10.0 Å². The summed E-state index contributed by atoms with van der Waals surface area (Å²) in [6.45, 7) is 0. The molecule has 5 nitrogen and oxygen atoms in total. The van der Waals surface area contributed by atoms with Gasteiger partial charge in [-0.25, -0.2) is 8.42 Å². The van der Waals surface area contributed by atoms with Crippen LogP contribution in [0.5, 0.6) is 0 Å². The Morgan fingerprint density at radius 2 is 1.33 bits per heavy atom. The van der Waals surface area contributed by atoms with E-state index >= 15 is 0 Å². The molecule has 0 aromatic heterocycles. The highest BCUT2D eigenvalue weighted by Gasteiger charge is 2.33. The molecule has 0 aliphatic heterocycles. The van der Waals surface area contributed by atoms with Crippen molar-refractivity contribution in [3.05, 3.63) is 113 Å². The number of halogens is 4. The van der Waals surface area contributed by atoms with E-state index in [4.69, 9.17) is 11.6 Å². The monoisotopic (exact) mass is 530 g/mol. The van der Waals surface area contributed by atoms with Crippen molar-refractivity contribution in [1.82, 2.24) is 0 Å². The van der Waals surface area contributed by atoms with Gasteiger partial charge in [0.05, 0.1) is 15.5 Å². The zero-order valence-corrected chi connectivity index (χ0v) is 20.0. The van der Waals surface area contributed by atoms with Gasteiger partial charge in [0, 0.05) is 16.9 Å². The molecule has 0 aliphatic carbocycles. The van der Waals surface area contributed by atoms with Gasteiger partial charge in [0.25, 0.3) is 15.9 Å². The van der Waals surface area contributed by atoms with Crippen molar-refractivity contribution in [2.45, 2.75) is 11.1 Å². The number of rotatable bonds is 6. The molecule has 36 heavy (non-hydrogen) atoms. The number of benzene rings is 4. The normalized spacial score (nSPS) is 11.7. The lowest BCUT2D eigenvalue weighted by Gasteiger charge is -2.13. The number of nitrogens with one attached hydrogen (secondary N) is 2. The molecule has 0 spiro atoms. The fourth-order valence-corrected chi connectivity index (χ4v) is 4.66. The smallest absolute Gasteiger partial charge is 0.322 e. The average molecular weight is 531 g/mol. The highest BCUT2D eigenvalue weighted by molar-refractivity contribution is 7.92. The molecule has 184 valence electrons. The lowest BCUT2D eigenvalue weighted by atomic mass is 10.0. The maximum Gasteiger partial charge on any atom is 0.417 e. The topological polar surface area (TPSA) is 75.3 Å². The van der Waals surface area contributed by atoms with Crippen LogP contribution < -0.4 is 10.0 Å². The van der Waals surface area contributed by atoms with Crippen LogP contribution in [0.2, 0.25) is 5.02 Å². The molecule has 0 aliphatic rings. The van der Waals surface area contributed by atoms with Gasteiger partial charge in [-0.1, -0.05) is 54.1 Å². The lowest BCUT2D eigenvalue weighted by Crippen LogP contribution is -2.15. The second kappa shape index (κ2) is 10.0. The van der Waals surface area contributed by atoms with Crippen LogP contribution in [-0.4, -0.2) is 14.3 Å². The number of hydrogen-bond acceptors (Lipinski definition) is 3. The molecule has 0 atom stereocenters. The minimum Gasteiger partial charge on any atom is -0.322 e. The van der Waals surface area contributed by atoms with Crippen molar-refractivity contribution in [3.8, 4) is 11.1 Å². The lowest BCUT2D eigenvalue weighted by molar-refractivity contribution is -0.137. The number of sulfonamides is 1. The molecule has 0 fully saturated rings. The molecule has 4 rings (SSSR count). The molecule has 2 N–H and O–H groups in total. The van der Waals surface area contributed by atoms with Gasteiger partial charge in [-0.2, -0.15) is 13.2 Å². The highest BCUT2D eigenvalue weighted by Crippen LogP contribution is 2.36. The van der Waals surface area contributed by atoms with Crippen LogP contribution in [0, 0.1) is 0 Å². The molecular weight excluding hydrogens is 513 g/mol. The van der Waals surface area contributed by atoms with Crippen LogP contribution in [0.3, 0.4) is 0 Å². The first-order valence-electron chi connectivity index (χ1n) is 10.5. The van der Waals surface area contributed by atoms with Gasteiger partial charge in [0.1, 0.15) is 0 Å². The molecule has 4 aromatic rings. The van der Waals surface area contributed by atoms with Crippen LogP contribution in [0.4, 0.5) is 24.5 Å². The van der Waals surface area contributed by atoms with Gasteiger partial charge in [-0.15, -0.1) is 0 Å². The molecule has 0 unspecified atom stereocenters. The fourth-order valence-electron chi connectivity index (χ4n) is 3.39. The summed E-state index contributed by atoms with van der Waals surface area (Å²) in [6.07, 6.45) is -4.74. The Bertz CT molecular complexity index is 1490. The van der Waals surface area contributed by atoms with Gasteiger partial charge < -0.3 is 5.32 Å². The summed E-state index contributed by atoms with van der Waals surface area (Å²) < 4.78 is 66.6. The number of amides is 1. The summed E-state index contributed by atoms with van der Waals surface area (Å²) in [4.78, 5) is 12.4. The molecular formula is C26H18ClF3N2O3S. The third kappa shape index (κ3) is 5.87. The van der Waals surface area contributed by atoms with E-state index in [1.165, 1.54) is 24.3 Å². The first-order valence-corrected chi connectivity index (χ1v) is 12.4. The van der Waals surface area contributed by atoms with E-state index in [0.717, 1.165) is 23.3 Å². The van der Waals surface area contributed by atoms with Crippen LogP contribution in [0.1, 0.15) is 15.9 Å². The largest absolute Gasteiger partial charge is 0.417 e. The fraction of sp³-hybridized carbons (Fsp3) is 0.0385. The quantitative estimate of drug-likeness (QED) is 0.280. The Kier molecular flexibility index (Phi) is 7.05. The van der Waals surface area contributed by atoms with E-state index in [0.29, 0.717) is 17.3 Å². The van der Waals surface area contributed by atoms with Gasteiger partial charge in [-0.3, -0.25) is 9.52 Å². The van der Waals surface area contributed by atoms with Crippen molar-refractivity contribution >= 4 is 38.9 Å². The average Bonchev–Trinajstić information content (AvgIpc) is 2.85. The number of hydrogen-bond donors (Lipinski definition) is 2. The number of carbonyl (C=O) groups excluding carboxylic acids is 1. The number of carbonyl (C=O) groups is 1. The first kappa shape index (κ1) is 25.3. The van der Waals surface area contributed by atoms with Crippen molar-refractivity contribution < 1.29 is 26.4 Å². The maximum atomic E-state index is 13.1. The molecule has 0 bridgehead atoms. The van der Waals surface area contributed by atoms with Gasteiger partial charge in [0.2, 0.25) is 0 Å². The third-order valence-electron chi connectivity index (χ3n) is 5.20. The van der Waals surface area contributed by atoms with E-state index < -0.39 is 26.8 Å². The van der Waals surface area contributed by atoms with Gasteiger partial charge in [0.15, 0.2) is 0 Å². The highest BCUT2D eigenvalue weighted by atomic mass is 35.5. The summed E-state index contributed by atoms with van der Waals surface area (Å²) >= 11 is 5.58. The van der Waals surface area contributed by atoms with Crippen molar-refractivity contribution in [2.24, 2.45) is 0 Å². The Hall–Kier alpha value is -3.82. The zero-order valence-electron chi connectivity index (χ0n) is 18.4. The Morgan fingerprint density at radius 1 is 0.750 bits per heavy atom. The molecule has 0 saturated heterocycles. The van der Waals surface area contributed by atoms with Gasteiger partial charge in [-0.05, 0) is 65.7 Å². The van der Waals surface area contributed by atoms with Gasteiger partial charge >= 0.3 is 6.18 Å². The Balaban J connectivity index is 1.45. The molecule has 0 saturated carbocycles. The van der Waals surface area contributed by atoms with E-state index in [1.807, 2.05) is 42.5 Å². The minimum absolute atomic E-state index is 0.198. The van der Waals surface area contributed by atoms with E-state index in [-0.39, 0.29) is 16.5 Å². The van der Waals surface area contributed by atoms with Crippen LogP contribution in [-0.2, 0) is 16.2 Å². The van der Waals surface area contributed by atoms with Crippen molar-refractivity contribution in [1.29, 1.82) is 0 Å². The molecule has 4 aromatic carbocycles. The summed E-state index contributed by atoms with van der Waals surface area (Å²) in [6, 6.07) is 24.6. The number of anilines is 2. The first-order chi connectivity index (χ1) is 17.0. The standard InChI is InChI=1S/C26H18ClF3N2O3S/c27-24-15-12-21(16-23(24)26(28,29)30)32-36(34,35)22-13-10-20(11-14-22)31-25(33)19-8-6-18(7-9-19)17-4-2-1-3-5-17/h1-16,32H,(H,31,33). The second-order valence-corrected chi connectivity index (χ2v) is 9.81. The summed E-state index contributed by atoms with van der Waals surface area (Å²) in [5, 5.41) is 2.14. The van der Waals surface area contributed by atoms with E-state index in [1.54, 1.807) is 12.1 Å². The molecule has 1 amide bonds. The second-order valence-electron chi connectivity index (χ2n) is 7.72. The predicted octanol–water partition coefficient (Wildman–Crippen LogP) is 7.08. The Labute approximate surface area is 210 Å². The van der Waals surface area contributed by atoms with E-state index in [9.17, 15) is 26.4 Å². The van der Waals surface area contributed by atoms with Crippen molar-refractivity contribution in [3.63, 3.8) is 0 Å². The molecule has 0 radical (unpaired) electrons. The van der Waals surface area contributed by atoms with Crippen LogP contribution in [0.25, 0.3) is 11.1 Å². The SMILES string of the molecule is O=C(Nc1ccc(S(=O)(=O)Nc2ccc(Cl)c(C(F)(F)F)c2)cc1)c1ccc(-c2ccccc2)cc1. The minimum atomic E-state index is -4.74. The summed E-state index contributed by atoms with van der Waals surface area (Å²) in [7, 11) is -4.19. The summed E-state index contributed by atoms with van der Waals surface area (Å²) in [5.41, 5.74) is 1.29. The van der Waals surface area contributed by atoms with Crippen LogP contribution >= 0.6 is 11.6 Å². The van der Waals surface area contributed by atoms with E-state index in [2.05, 4.69) is 10.0 Å². The maximum absolute atomic E-state index is 13.1. The third-order valence-corrected chi connectivity index (χ3v) is 6.93. The predicted molar refractivity (Wildman–Crippen MR) is 134 cm³/mol. The Morgan fingerprint density at radius 3 is 1.94 bits per heavy atom. The zero-order chi connectivity index (χ0) is 25.9.